The fourth-order valence-electron chi connectivity index (χ4n) is 2.38. The number of carbonyl (C=O) groups is 1. The van der Waals surface area contributed by atoms with Gasteiger partial charge in [0.15, 0.2) is 0 Å². The van der Waals surface area contributed by atoms with Crippen LogP contribution in [0.4, 0.5) is 0 Å². The molecule has 1 saturated heterocycles. The fraction of sp³-hybridized carbons (Fsp3) is 0.500. The molecule has 0 aromatic heterocycles. The SMILES string of the molecule is NC(=O)C(N)(CCN1CCS(=O)CC1)c1ccccc1. The van der Waals surface area contributed by atoms with E-state index in [9.17, 15) is 9.00 Å². The quantitative estimate of drug-likeness (QED) is 0.786. The predicted octanol–water partition coefficient (Wildman–Crippen LogP) is -0.220. The lowest BCUT2D eigenvalue weighted by Gasteiger charge is -2.32. The predicted molar refractivity (Wildman–Crippen MR) is 80.4 cm³/mol. The summed E-state index contributed by atoms with van der Waals surface area (Å²) in [6.45, 7) is 2.26. The average Bonchev–Trinajstić information content (AvgIpc) is 2.47. The van der Waals surface area contributed by atoms with Crippen LogP contribution < -0.4 is 11.5 Å². The number of hydrogen-bond acceptors (Lipinski definition) is 4. The number of carbonyl (C=O) groups excluding carboxylic acids is 1. The van der Waals surface area contributed by atoms with Gasteiger partial charge in [-0.15, -0.1) is 0 Å². The summed E-state index contributed by atoms with van der Waals surface area (Å²) in [5.41, 5.74) is 11.4. The number of rotatable bonds is 5. The Labute approximate surface area is 121 Å². The van der Waals surface area contributed by atoms with Crippen molar-refractivity contribution in [2.24, 2.45) is 11.5 Å². The molecule has 1 atom stereocenters. The topological polar surface area (TPSA) is 89.4 Å². The summed E-state index contributed by atoms with van der Waals surface area (Å²) in [7, 11) is -0.695. The van der Waals surface area contributed by atoms with E-state index in [1.807, 2.05) is 30.3 Å². The molecule has 1 unspecified atom stereocenters. The van der Waals surface area contributed by atoms with Crippen molar-refractivity contribution in [2.75, 3.05) is 31.1 Å². The molecule has 2 rings (SSSR count). The van der Waals surface area contributed by atoms with Crippen LogP contribution in [0, 0.1) is 0 Å². The normalized spacial score (nSPS) is 20.4. The summed E-state index contributed by atoms with van der Waals surface area (Å²) in [5.74, 6) is 0.878. The van der Waals surface area contributed by atoms with Gasteiger partial charge in [0.1, 0.15) is 5.54 Å². The van der Waals surface area contributed by atoms with Crippen molar-refractivity contribution in [1.29, 1.82) is 0 Å². The van der Waals surface area contributed by atoms with Crippen molar-refractivity contribution in [2.45, 2.75) is 12.0 Å². The number of benzene rings is 1. The third kappa shape index (κ3) is 3.45. The van der Waals surface area contributed by atoms with E-state index in [1.165, 1.54) is 0 Å². The minimum atomic E-state index is -1.14. The van der Waals surface area contributed by atoms with Gasteiger partial charge in [-0.25, -0.2) is 0 Å². The van der Waals surface area contributed by atoms with Crippen molar-refractivity contribution in [3.8, 4) is 0 Å². The Morgan fingerprint density at radius 2 is 1.85 bits per heavy atom. The first kappa shape index (κ1) is 15.2. The summed E-state index contributed by atoms with van der Waals surface area (Å²) in [4.78, 5) is 14.0. The number of hydrogen-bond donors (Lipinski definition) is 2. The highest BCUT2D eigenvalue weighted by atomic mass is 32.2. The molecular formula is C14H21N3O2S. The van der Waals surface area contributed by atoms with Crippen molar-refractivity contribution < 1.29 is 9.00 Å². The number of nitrogens with two attached hydrogens (primary N) is 2. The van der Waals surface area contributed by atoms with Gasteiger partial charge >= 0.3 is 0 Å². The molecule has 1 aromatic rings. The van der Waals surface area contributed by atoms with Crippen LogP contribution in [0.5, 0.6) is 0 Å². The number of primary amides is 1. The first-order valence-electron chi connectivity index (χ1n) is 6.74. The molecule has 0 radical (unpaired) electrons. The standard InChI is InChI=1S/C14H21N3O2S/c15-13(18)14(16,12-4-2-1-3-5-12)6-7-17-8-10-20(19)11-9-17/h1-5H,6-11,16H2,(H2,15,18). The molecule has 110 valence electrons. The third-order valence-electron chi connectivity index (χ3n) is 3.82. The molecule has 1 aromatic carbocycles. The van der Waals surface area contributed by atoms with E-state index in [4.69, 9.17) is 11.5 Å². The Bertz CT molecular complexity index is 484. The second kappa shape index (κ2) is 6.47. The maximum absolute atomic E-state index is 11.8. The smallest absolute Gasteiger partial charge is 0.242 e. The van der Waals surface area contributed by atoms with Gasteiger partial charge in [0.25, 0.3) is 0 Å². The number of amides is 1. The lowest BCUT2D eigenvalue weighted by molar-refractivity contribution is -0.123. The Kier molecular flexibility index (Phi) is 4.91. The van der Waals surface area contributed by atoms with Gasteiger partial charge in [-0.1, -0.05) is 30.3 Å². The van der Waals surface area contributed by atoms with Crippen LogP contribution in [0.25, 0.3) is 0 Å². The molecule has 6 heteroatoms. The van der Waals surface area contributed by atoms with E-state index >= 15 is 0 Å². The summed E-state index contributed by atoms with van der Waals surface area (Å²) >= 11 is 0. The Morgan fingerprint density at radius 3 is 2.40 bits per heavy atom. The monoisotopic (exact) mass is 295 g/mol. The van der Waals surface area contributed by atoms with Crippen LogP contribution >= 0.6 is 0 Å². The lowest BCUT2D eigenvalue weighted by Crippen LogP contribution is -2.51. The van der Waals surface area contributed by atoms with Crippen LogP contribution in [0.3, 0.4) is 0 Å². The molecule has 0 bridgehead atoms. The van der Waals surface area contributed by atoms with E-state index in [-0.39, 0.29) is 0 Å². The van der Waals surface area contributed by atoms with Gasteiger partial charge in [-0.2, -0.15) is 0 Å². The molecule has 1 amide bonds. The van der Waals surface area contributed by atoms with Gasteiger partial charge in [0, 0.05) is 41.9 Å². The van der Waals surface area contributed by atoms with Crippen LogP contribution in [0.2, 0.25) is 0 Å². The summed E-state index contributed by atoms with van der Waals surface area (Å²) < 4.78 is 11.3. The van der Waals surface area contributed by atoms with E-state index in [2.05, 4.69) is 4.90 Å². The molecule has 1 aliphatic heterocycles. The second-order valence-electron chi connectivity index (χ2n) is 5.14. The average molecular weight is 295 g/mol. The van der Waals surface area contributed by atoms with Crippen molar-refractivity contribution in [3.05, 3.63) is 35.9 Å². The van der Waals surface area contributed by atoms with E-state index < -0.39 is 22.2 Å². The molecule has 0 spiro atoms. The van der Waals surface area contributed by atoms with Crippen molar-refractivity contribution in [1.82, 2.24) is 4.90 Å². The minimum Gasteiger partial charge on any atom is -0.368 e. The maximum atomic E-state index is 11.8. The molecule has 1 heterocycles. The van der Waals surface area contributed by atoms with Crippen LogP contribution in [-0.4, -0.2) is 46.2 Å². The zero-order valence-corrected chi connectivity index (χ0v) is 12.3. The van der Waals surface area contributed by atoms with Gasteiger partial charge in [-0.05, 0) is 12.0 Å². The molecule has 20 heavy (non-hydrogen) atoms. The minimum absolute atomic E-state index is 0.471. The highest BCUT2D eigenvalue weighted by molar-refractivity contribution is 7.85. The summed E-state index contributed by atoms with van der Waals surface area (Å²) in [6.07, 6.45) is 0.471. The highest BCUT2D eigenvalue weighted by Gasteiger charge is 2.34. The van der Waals surface area contributed by atoms with Gasteiger partial charge in [-0.3, -0.25) is 9.00 Å². The van der Waals surface area contributed by atoms with Crippen LogP contribution in [0.15, 0.2) is 30.3 Å². The van der Waals surface area contributed by atoms with E-state index in [0.717, 1.165) is 18.7 Å². The first-order valence-corrected chi connectivity index (χ1v) is 8.23. The van der Waals surface area contributed by atoms with Crippen molar-refractivity contribution >= 4 is 16.7 Å². The zero-order chi connectivity index (χ0) is 14.6. The van der Waals surface area contributed by atoms with E-state index in [0.29, 0.717) is 24.5 Å². The highest BCUT2D eigenvalue weighted by Crippen LogP contribution is 2.22. The zero-order valence-electron chi connectivity index (χ0n) is 11.5. The van der Waals surface area contributed by atoms with Crippen LogP contribution in [0.1, 0.15) is 12.0 Å². The Balaban J connectivity index is 2.03. The molecule has 1 fully saturated rings. The van der Waals surface area contributed by atoms with Crippen LogP contribution in [-0.2, 0) is 21.1 Å². The fourth-order valence-corrected chi connectivity index (χ4v) is 3.51. The Morgan fingerprint density at radius 1 is 1.25 bits per heavy atom. The van der Waals surface area contributed by atoms with Gasteiger partial charge < -0.3 is 16.4 Å². The molecule has 0 aliphatic carbocycles. The van der Waals surface area contributed by atoms with Crippen molar-refractivity contribution in [3.63, 3.8) is 0 Å². The lowest BCUT2D eigenvalue weighted by atomic mass is 9.86. The van der Waals surface area contributed by atoms with Gasteiger partial charge in [0.05, 0.1) is 0 Å². The molecular weight excluding hydrogens is 274 g/mol. The Hall–Kier alpha value is -1.24. The maximum Gasteiger partial charge on any atom is 0.242 e. The molecule has 0 saturated carbocycles. The molecule has 4 N–H and O–H groups in total. The van der Waals surface area contributed by atoms with Gasteiger partial charge in [0.2, 0.25) is 5.91 Å². The molecule has 1 aliphatic rings. The first-order chi connectivity index (χ1) is 9.52. The summed E-state index contributed by atoms with van der Waals surface area (Å²) in [5, 5.41) is 0. The van der Waals surface area contributed by atoms with E-state index in [1.54, 1.807) is 0 Å². The molecule has 5 nitrogen and oxygen atoms in total. The number of nitrogens with zero attached hydrogens (tertiary/aromatic N) is 1. The summed E-state index contributed by atoms with van der Waals surface area (Å²) in [6, 6.07) is 9.24. The third-order valence-corrected chi connectivity index (χ3v) is 5.10. The largest absolute Gasteiger partial charge is 0.368 e. The second-order valence-corrected chi connectivity index (χ2v) is 6.84.